The van der Waals surface area contributed by atoms with Gasteiger partial charge in [-0.25, -0.2) is 9.59 Å². The third-order valence-corrected chi connectivity index (χ3v) is 6.81. The number of hydrogen-bond acceptors (Lipinski definition) is 5. The summed E-state index contributed by atoms with van der Waals surface area (Å²) in [6, 6.07) is 3.96. The van der Waals surface area contributed by atoms with Crippen molar-refractivity contribution < 1.29 is 24.2 Å². The van der Waals surface area contributed by atoms with E-state index < -0.39 is 11.7 Å². The Morgan fingerprint density at radius 3 is 2.53 bits per heavy atom. The summed E-state index contributed by atoms with van der Waals surface area (Å²) in [7, 11) is 0. The first-order chi connectivity index (χ1) is 17.1. The molecule has 1 fully saturated rings. The van der Waals surface area contributed by atoms with Crippen molar-refractivity contribution in [3.63, 3.8) is 0 Å². The smallest absolute Gasteiger partial charge is 0.412 e. The zero-order valence-electron chi connectivity index (χ0n) is 22.0. The van der Waals surface area contributed by atoms with Gasteiger partial charge < -0.3 is 19.5 Å². The van der Waals surface area contributed by atoms with Crippen LogP contribution < -0.4 is 9.64 Å². The Hall–Kier alpha value is -3.23. The number of rotatable bonds is 5. The number of nitrogens with zero attached hydrogens (tertiary/aromatic N) is 4. The third-order valence-electron chi connectivity index (χ3n) is 6.81. The van der Waals surface area contributed by atoms with Crippen LogP contribution in [-0.4, -0.2) is 63.3 Å². The summed E-state index contributed by atoms with van der Waals surface area (Å²) < 4.78 is 13.7. The molecule has 0 radical (unpaired) electrons. The summed E-state index contributed by atoms with van der Waals surface area (Å²) in [5.41, 5.74) is 3.02. The van der Waals surface area contributed by atoms with E-state index in [4.69, 9.17) is 9.47 Å². The van der Waals surface area contributed by atoms with Crippen molar-refractivity contribution in [2.24, 2.45) is 0 Å². The molecule has 2 amide bonds. The predicted octanol–water partition coefficient (Wildman–Crippen LogP) is 5.73. The van der Waals surface area contributed by atoms with Gasteiger partial charge >= 0.3 is 12.2 Å². The highest BCUT2D eigenvalue weighted by Gasteiger charge is 2.32. The first-order valence-corrected chi connectivity index (χ1v) is 12.9. The number of aromatic nitrogens is 2. The lowest BCUT2D eigenvalue weighted by atomic mass is 9.92. The summed E-state index contributed by atoms with van der Waals surface area (Å²) in [5.74, 6) is 0.756. The largest absolute Gasteiger partial charge is 0.493 e. The Bertz CT molecular complexity index is 1100. The molecule has 3 heterocycles. The molecule has 1 N–H and O–H groups in total. The van der Waals surface area contributed by atoms with Crippen LogP contribution in [0.4, 0.5) is 15.3 Å². The number of hydrogen-bond donors (Lipinski definition) is 1. The minimum absolute atomic E-state index is 0.0748. The fourth-order valence-corrected chi connectivity index (χ4v) is 5.01. The van der Waals surface area contributed by atoms with E-state index >= 15 is 0 Å². The Balaban J connectivity index is 1.55. The molecular formula is C27H38N4O5. The molecule has 0 saturated carbocycles. The summed E-state index contributed by atoms with van der Waals surface area (Å²) in [5, 5.41) is 14.5. The molecule has 196 valence electrons. The molecule has 1 unspecified atom stereocenters. The molecule has 9 nitrogen and oxygen atoms in total. The van der Waals surface area contributed by atoms with Crippen molar-refractivity contribution in [1.82, 2.24) is 14.7 Å². The van der Waals surface area contributed by atoms with Gasteiger partial charge in [0.2, 0.25) is 0 Å². The van der Waals surface area contributed by atoms with Gasteiger partial charge in [-0.2, -0.15) is 5.10 Å². The molecule has 0 spiro atoms. The van der Waals surface area contributed by atoms with Gasteiger partial charge in [0.15, 0.2) is 0 Å². The van der Waals surface area contributed by atoms with E-state index in [9.17, 15) is 14.7 Å². The molecule has 2 aliphatic rings. The highest BCUT2D eigenvalue weighted by atomic mass is 16.6. The third kappa shape index (κ3) is 5.44. The molecule has 0 aliphatic carbocycles. The van der Waals surface area contributed by atoms with Crippen molar-refractivity contribution in [2.75, 3.05) is 24.6 Å². The molecule has 1 aromatic heterocycles. The standard InChI is InChI=1S/C27H38N4O5/c1-6-15-35-24-21(9-10-23-22(24)8-7-18(2)31(23)25(32)33)19-16-28-30(17-19)20-11-13-29(14-12-20)26(34)36-27(3,4)5/h9-10,16-18,20H,6-8,11-15H2,1-5H3,(H,32,33). The van der Waals surface area contributed by atoms with E-state index in [2.05, 4.69) is 12.0 Å². The zero-order chi connectivity index (χ0) is 26.0. The number of carbonyl (C=O) groups excluding carboxylic acids is 1. The number of piperidine rings is 1. The van der Waals surface area contributed by atoms with Crippen LogP contribution in [0.25, 0.3) is 11.1 Å². The quantitative estimate of drug-likeness (QED) is 0.565. The van der Waals surface area contributed by atoms with Gasteiger partial charge in [-0.3, -0.25) is 9.58 Å². The van der Waals surface area contributed by atoms with E-state index in [1.807, 2.05) is 56.9 Å². The topological polar surface area (TPSA) is 97.1 Å². The molecule has 2 aromatic rings. The number of fused-ring (bicyclic) bond motifs is 1. The SMILES string of the molecule is CCCOc1c(-c2cnn(C3CCN(C(=O)OC(C)(C)C)CC3)c2)ccc2c1CCC(C)N2C(=O)O. The van der Waals surface area contributed by atoms with Crippen molar-refractivity contribution in [1.29, 1.82) is 0 Å². The number of carbonyl (C=O) groups is 2. The minimum Gasteiger partial charge on any atom is -0.493 e. The van der Waals surface area contributed by atoms with E-state index in [0.717, 1.165) is 54.5 Å². The summed E-state index contributed by atoms with van der Waals surface area (Å²) in [6.07, 6.45) is 6.66. The lowest BCUT2D eigenvalue weighted by Gasteiger charge is -2.34. The lowest BCUT2D eigenvalue weighted by Crippen LogP contribution is -2.42. The Morgan fingerprint density at radius 2 is 1.89 bits per heavy atom. The molecule has 2 aliphatic heterocycles. The molecule has 4 rings (SSSR count). The van der Waals surface area contributed by atoms with E-state index in [-0.39, 0.29) is 18.2 Å². The van der Waals surface area contributed by atoms with Crippen LogP contribution in [0.2, 0.25) is 0 Å². The van der Waals surface area contributed by atoms with Gasteiger partial charge in [-0.1, -0.05) is 6.92 Å². The molecule has 1 atom stereocenters. The molecule has 1 saturated heterocycles. The van der Waals surface area contributed by atoms with Crippen LogP contribution in [0.5, 0.6) is 5.75 Å². The monoisotopic (exact) mass is 498 g/mol. The second-order valence-corrected chi connectivity index (χ2v) is 10.7. The molecule has 36 heavy (non-hydrogen) atoms. The van der Waals surface area contributed by atoms with Crippen LogP contribution >= 0.6 is 0 Å². The number of carboxylic acid groups (broad SMARTS) is 1. The number of benzene rings is 1. The van der Waals surface area contributed by atoms with Gasteiger partial charge in [0.25, 0.3) is 0 Å². The van der Waals surface area contributed by atoms with Crippen molar-refractivity contribution in [2.45, 2.75) is 84.4 Å². The Morgan fingerprint density at radius 1 is 1.17 bits per heavy atom. The van der Waals surface area contributed by atoms with E-state index in [1.54, 1.807) is 4.90 Å². The molecule has 1 aromatic carbocycles. The van der Waals surface area contributed by atoms with Crippen molar-refractivity contribution >= 4 is 17.9 Å². The van der Waals surface area contributed by atoms with Crippen LogP contribution in [0.15, 0.2) is 24.5 Å². The second kappa shape index (κ2) is 10.4. The fourth-order valence-electron chi connectivity index (χ4n) is 5.01. The van der Waals surface area contributed by atoms with Crippen LogP contribution in [0, 0.1) is 0 Å². The fraction of sp³-hybridized carbons (Fsp3) is 0.593. The maximum Gasteiger partial charge on any atom is 0.412 e. The zero-order valence-corrected chi connectivity index (χ0v) is 22.0. The number of likely N-dealkylation sites (tertiary alicyclic amines) is 1. The van der Waals surface area contributed by atoms with Crippen molar-refractivity contribution in [3.8, 4) is 16.9 Å². The van der Waals surface area contributed by atoms with Gasteiger partial charge in [-0.05, 0) is 71.9 Å². The number of ether oxygens (including phenoxy) is 2. The molecule has 0 bridgehead atoms. The first kappa shape index (κ1) is 25.9. The second-order valence-electron chi connectivity index (χ2n) is 10.7. The van der Waals surface area contributed by atoms with E-state index in [1.165, 1.54) is 4.90 Å². The van der Waals surface area contributed by atoms with Gasteiger partial charge in [0.05, 0.1) is 24.5 Å². The molecule has 9 heteroatoms. The maximum atomic E-state index is 12.4. The number of amides is 2. The highest BCUT2D eigenvalue weighted by molar-refractivity contribution is 5.91. The van der Waals surface area contributed by atoms with Crippen LogP contribution in [0.3, 0.4) is 0 Å². The Labute approximate surface area is 213 Å². The summed E-state index contributed by atoms with van der Waals surface area (Å²) in [6.45, 7) is 11.4. The first-order valence-electron chi connectivity index (χ1n) is 12.9. The average Bonchev–Trinajstić information content (AvgIpc) is 3.31. The van der Waals surface area contributed by atoms with Crippen LogP contribution in [-0.2, 0) is 11.2 Å². The lowest BCUT2D eigenvalue weighted by molar-refractivity contribution is 0.0184. The van der Waals surface area contributed by atoms with Gasteiger partial charge in [-0.15, -0.1) is 0 Å². The van der Waals surface area contributed by atoms with E-state index in [0.29, 0.717) is 25.4 Å². The summed E-state index contributed by atoms with van der Waals surface area (Å²) in [4.78, 5) is 27.6. The molecular weight excluding hydrogens is 460 g/mol. The average molecular weight is 499 g/mol. The van der Waals surface area contributed by atoms with Crippen LogP contribution in [0.1, 0.15) is 71.9 Å². The predicted molar refractivity (Wildman–Crippen MR) is 138 cm³/mol. The number of anilines is 1. The van der Waals surface area contributed by atoms with Crippen molar-refractivity contribution in [3.05, 3.63) is 30.1 Å². The minimum atomic E-state index is -0.941. The highest BCUT2D eigenvalue weighted by Crippen LogP contribution is 2.43. The summed E-state index contributed by atoms with van der Waals surface area (Å²) >= 11 is 0. The van der Waals surface area contributed by atoms with Gasteiger partial charge in [0, 0.05) is 42.0 Å². The normalized spacial score (nSPS) is 18.6. The van der Waals surface area contributed by atoms with Gasteiger partial charge in [0.1, 0.15) is 11.4 Å². The Kier molecular flexibility index (Phi) is 7.47. The maximum absolute atomic E-state index is 12.4.